The molecule has 1 saturated heterocycles. The standard InChI is InChI=1S/C18H21N7/c1-12-13(2)22-17(14-5-7-19-8-6-14)23-18(12)25-9-3-4-15(10-25)16-20-11-21-24-16/h5-8,11,15H,3-4,9-10H2,1-2H3,(H,20,21,24). The fraction of sp³-hybridized carbons (Fsp3) is 0.389. The molecule has 1 N–H and O–H groups in total. The molecular weight excluding hydrogens is 314 g/mol. The van der Waals surface area contributed by atoms with Crippen molar-refractivity contribution in [1.29, 1.82) is 0 Å². The Morgan fingerprint density at radius 1 is 1.16 bits per heavy atom. The van der Waals surface area contributed by atoms with E-state index < -0.39 is 0 Å². The Kier molecular flexibility index (Phi) is 4.13. The lowest BCUT2D eigenvalue weighted by Gasteiger charge is -2.33. The first kappa shape index (κ1) is 15.7. The number of aromatic amines is 1. The van der Waals surface area contributed by atoms with E-state index in [1.165, 1.54) is 0 Å². The van der Waals surface area contributed by atoms with Gasteiger partial charge in [-0.3, -0.25) is 10.1 Å². The van der Waals surface area contributed by atoms with Crippen molar-refractivity contribution in [3.8, 4) is 11.4 Å². The lowest BCUT2D eigenvalue weighted by molar-refractivity contribution is 0.489. The number of rotatable bonds is 3. The van der Waals surface area contributed by atoms with Crippen LogP contribution in [0.25, 0.3) is 11.4 Å². The highest BCUT2D eigenvalue weighted by atomic mass is 15.2. The summed E-state index contributed by atoms with van der Waals surface area (Å²) in [6.45, 7) is 6.03. The third-order valence-electron chi connectivity index (χ3n) is 4.84. The number of hydrogen-bond acceptors (Lipinski definition) is 6. The zero-order chi connectivity index (χ0) is 17.2. The number of anilines is 1. The van der Waals surface area contributed by atoms with E-state index in [-0.39, 0.29) is 0 Å². The molecule has 1 unspecified atom stereocenters. The number of aromatic nitrogens is 6. The van der Waals surface area contributed by atoms with Gasteiger partial charge in [0.25, 0.3) is 0 Å². The number of piperidine rings is 1. The van der Waals surface area contributed by atoms with Gasteiger partial charge in [0.15, 0.2) is 5.82 Å². The highest BCUT2D eigenvalue weighted by Gasteiger charge is 2.26. The minimum absolute atomic E-state index is 0.357. The zero-order valence-electron chi connectivity index (χ0n) is 14.5. The molecule has 1 fully saturated rings. The summed E-state index contributed by atoms with van der Waals surface area (Å²) in [5.74, 6) is 3.09. The first-order valence-corrected chi connectivity index (χ1v) is 8.58. The number of aryl methyl sites for hydroxylation is 1. The van der Waals surface area contributed by atoms with Crippen LogP contribution in [0.1, 0.15) is 35.8 Å². The third-order valence-corrected chi connectivity index (χ3v) is 4.84. The molecule has 0 radical (unpaired) electrons. The normalized spacial score (nSPS) is 17.7. The molecule has 0 amide bonds. The monoisotopic (exact) mass is 335 g/mol. The molecule has 0 saturated carbocycles. The summed E-state index contributed by atoms with van der Waals surface area (Å²) in [5.41, 5.74) is 3.14. The van der Waals surface area contributed by atoms with E-state index in [0.29, 0.717) is 5.92 Å². The smallest absolute Gasteiger partial charge is 0.161 e. The highest BCUT2D eigenvalue weighted by molar-refractivity contribution is 5.60. The van der Waals surface area contributed by atoms with Gasteiger partial charge in [-0.2, -0.15) is 5.10 Å². The minimum Gasteiger partial charge on any atom is -0.356 e. The summed E-state index contributed by atoms with van der Waals surface area (Å²) in [5, 5.41) is 7.01. The summed E-state index contributed by atoms with van der Waals surface area (Å²) >= 11 is 0. The SMILES string of the molecule is Cc1nc(-c2ccncc2)nc(N2CCCC(c3ncn[nH]3)C2)c1C. The molecule has 0 aromatic carbocycles. The zero-order valence-corrected chi connectivity index (χ0v) is 14.5. The molecule has 0 spiro atoms. The van der Waals surface area contributed by atoms with Gasteiger partial charge in [-0.05, 0) is 38.8 Å². The average molecular weight is 335 g/mol. The number of pyridine rings is 1. The van der Waals surface area contributed by atoms with Crippen LogP contribution in [-0.2, 0) is 0 Å². The first-order chi connectivity index (χ1) is 12.2. The maximum Gasteiger partial charge on any atom is 0.161 e. The number of H-pyrrole nitrogens is 1. The summed E-state index contributed by atoms with van der Waals surface area (Å²) in [6, 6.07) is 3.89. The molecule has 7 nitrogen and oxygen atoms in total. The fourth-order valence-corrected chi connectivity index (χ4v) is 3.36. The van der Waals surface area contributed by atoms with Crippen LogP contribution in [0, 0.1) is 13.8 Å². The summed E-state index contributed by atoms with van der Waals surface area (Å²) in [7, 11) is 0. The van der Waals surface area contributed by atoms with Crippen molar-refractivity contribution < 1.29 is 0 Å². The quantitative estimate of drug-likeness (QED) is 0.792. The van der Waals surface area contributed by atoms with Gasteiger partial charge < -0.3 is 4.90 Å². The van der Waals surface area contributed by atoms with Crippen LogP contribution in [0.3, 0.4) is 0 Å². The molecule has 4 rings (SSSR count). The molecule has 0 bridgehead atoms. The second-order valence-corrected chi connectivity index (χ2v) is 6.47. The van der Waals surface area contributed by atoms with Gasteiger partial charge in [-0.15, -0.1) is 0 Å². The van der Waals surface area contributed by atoms with Crippen LogP contribution < -0.4 is 4.90 Å². The van der Waals surface area contributed by atoms with Crippen molar-refractivity contribution in [3.05, 3.63) is 47.9 Å². The maximum absolute atomic E-state index is 4.88. The van der Waals surface area contributed by atoms with Gasteiger partial charge in [-0.25, -0.2) is 15.0 Å². The molecule has 4 heterocycles. The van der Waals surface area contributed by atoms with E-state index in [1.807, 2.05) is 19.1 Å². The van der Waals surface area contributed by atoms with Crippen LogP contribution in [0.2, 0.25) is 0 Å². The van der Waals surface area contributed by atoms with Gasteiger partial charge in [0.2, 0.25) is 0 Å². The molecule has 25 heavy (non-hydrogen) atoms. The van der Waals surface area contributed by atoms with Gasteiger partial charge in [0.05, 0.1) is 0 Å². The molecule has 3 aromatic heterocycles. The Bertz CT molecular complexity index is 845. The van der Waals surface area contributed by atoms with E-state index in [2.05, 4.69) is 37.0 Å². The summed E-state index contributed by atoms with van der Waals surface area (Å²) in [6.07, 6.45) is 7.35. The molecule has 128 valence electrons. The predicted octanol–water partition coefficient (Wildman–Crippen LogP) is 2.66. The molecule has 7 heteroatoms. The Balaban J connectivity index is 1.68. The van der Waals surface area contributed by atoms with Crippen LogP contribution in [0.5, 0.6) is 0 Å². The maximum atomic E-state index is 4.88. The Hall–Kier alpha value is -2.83. The first-order valence-electron chi connectivity index (χ1n) is 8.58. The number of hydrogen-bond donors (Lipinski definition) is 1. The second kappa shape index (κ2) is 6.58. The number of nitrogens with zero attached hydrogens (tertiary/aromatic N) is 6. The Labute approximate surface area is 146 Å². The van der Waals surface area contributed by atoms with Gasteiger partial charge in [-0.1, -0.05) is 0 Å². The van der Waals surface area contributed by atoms with Crippen LogP contribution >= 0.6 is 0 Å². The predicted molar refractivity (Wildman–Crippen MR) is 95.3 cm³/mol. The van der Waals surface area contributed by atoms with E-state index in [0.717, 1.165) is 60.2 Å². The van der Waals surface area contributed by atoms with E-state index >= 15 is 0 Å². The van der Waals surface area contributed by atoms with Crippen molar-refractivity contribution >= 4 is 5.82 Å². The molecule has 3 aromatic rings. The molecule has 1 aliphatic rings. The van der Waals surface area contributed by atoms with Crippen LogP contribution in [0.15, 0.2) is 30.9 Å². The topological polar surface area (TPSA) is 83.5 Å². The van der Waals surface area contributed by atoms with Crippen molar-refractivity contribution in [3.63, 3.8) is 0 Å². The third kappa shape index (κ3) is 3.09. The van der Waals surface area contributed by atoms with Crippen molar-refractivity contribution in [2.45, 2.75) is 32.6 Å². The fourth-order valence-electron chi connectivity index (χ4n) is 3.36. The molecular formula is C18H21N7. The Morgan fingerprint density at radius 2 is 2.00 bits per heavy atom. The highest BCUT2D eigenvalue weighted by Crippen LogP contribution is 2.30. The molecule has 0 aliphatic carbocycles. The second-order valence-electron chi connectivity index (χ2n) is 6.47. The van der Waals surface area contributed by atoms with Crippen LogP contribution in [0.4, 0.5) is 5.82 Å². The van der Waals surface area contributed by atoms with Gasteiger partial charge in [0.1, 0.15) is 18.0 Å². The van der Waals surface area contributed by atoms with E-state index in [9.17, 15) is 0 Å². The Morgan fingerprint density at radius 3 is 2.76 bits per heavy atom. The van der Waals surface area contributed by atoms with Crippen molar-refractivity contribution in [1.82, 2.24) is 30.1 Å². The van der Waals surface area contributed by atoms with Crippen molar-refractivity contribution in [2.24, 2.45) is 0 Å². The van der Waals surface area contributed by atoms with Gasteiger partial charge >= 0.3 is 0 Å². The largest absolute Gasteiger partial charge is 0.356 e. The summed E-state index contributed by atoms with van der Waals surface area (Å²) < 4.78 is 0. The summed E-state index contributed by atoms with van der Waals surface area (Å²) in [4.78, 5) is 20.3. The minimum atomic E-state index is 0.357. The average Bonchev–Trinajstić information content (AvgIpc) is 3.19. The van der Waals surface area contributed by atoms with E-state index in [1.54, 1.807) is 18.7 Å². The van der Waals surface area contributed by atoms with E-state index in [4.69, 9.17) is 4.98 Å². The van der Waals surface area contributed by atoms with Crippen LogP contribution in [-0.4, -0.2) is 43.2 Å². The lowest BCUT2D eigenvalue weighted by atomic mass is 9.97. The van der Waals surface area contributed by atoms with Crippen molar-refractivity contribution in [2.75, 3.05) is 18.0 Å². The molecule has 1 aliphatic heterocycles. The lowest BCUT2D eigenvalue weighted by Crippen LogP contribution is -2.36. The number of nitrogens with one attached hydrogen (secondary N) is 1. The van der Waals surface area contributed by atoms with Gasteiger partial charge in [0, 0.05) is 48.2 Å². The molecule has 1 atom stereocenters.